The van der Waals surface area contributed by atoms with Gasteiger partial charge in [0.05, 0.1) is 18.9 Å². The highest BCUT2D eigenvalue weighted by molar-refractivity contribution is 6.39. The highest BCUT2D eigenvalue weighted by Gasteiger charge is 2.30. The molecule has 0 atom stereocenters. The van der Waals surface area contributed by atoms with Crippen molar-refractivity contribution in [2.24, 2.45) is 0 Å². The lowest BCUT2D eigenvalue weighted by Crippen LogP contribution is -2.57. The highest BCUT2D eigenvalue weighted by atomic mass is 16.5. The molecular formula is C28H33N5O5. The summed E-state index contributed by atoms with van der Waals surface area (Å²) in [6.07, 6.45) is 2.88. The van der Waals surface area contributed by atoms with E-state index in [0.717, 1.165) is 11.1 Å². The second kappa shape index (κ2) is 11.5. The molecule has 38 heavy (non-hydrogen) atoms. The van der Waals surface area contributed by atoms with Crippen molar-refractivity contribution in [1.82, 2.24) is 20.1 Å². The first-order chi connectivity index (χ1) is 18.2. The number of aromatic nitrogens is 1. The summed E-state index contributed by atoms with van der Waals surface area (Å²) < 4.78 is 10.7. The summed E-state index contributed by atoms with van der Waals surface area (Å²) in [7, 11) is 1.51. The van der Waals surface area contributed by atoms with Crippen LogP contribution in [0.1, 0.15) is 29.8 Å². The van der Waals surface area contributed by atoms with Gasteiger partial charge in [0, 0.05) is 55.6 Å². The number of aryl methyl sites for hydroxylation is 1. The van der Waals surface area contributed by atoms with Gasteiger partial charge >= 0.3 is 11.8 Å². The maximum absolute atomic E-state index is 12.9. The summed E-state index contributed by atoms with van der Waals surface area (Å²) in [5.41, 5.74) is 2.12. The van der Waals surface area contributed by atoms with Crippen molar-refractivity contribution in [1.29, 1.82) is 0 Å². The van der Waals surface area contributed by atoms with Gasteiger partial charge in [0.2, 0.25) is 0 Å². The van der Waals surface area contributed by atoms with Crippen LogP contribution in [0.15, 0.2) is 59.5 Å². The second-order valence-electron chi connectivity index (χ2n) is 9.96. The fraction of sp³-hybridized carbons (Fsp3) is 0.357. The number of nitrogens with one attached hydrogen (secondary N) is 2. The molecule has 0 radical (unpaired) electrons. The zero-order valence-electron chi connectivity index (χ0n) is 22.1. The van der Waals surface area contributed by atoms with Gasteiger partial charge in [-0.3, -0.25) is 19.3 Å². The van der Waals surface area contributed by atoms with Gasteiger partial charge in [-0.25, -0.2) is 4.98 Å². The number of benzene rings is 2. The van der Waals surface area contributed by atoms with Gasteiger partial charge in [0.25, 0.3) is 5.91 Å². The van der Waals surface area contributed by atoms with E-state index in [1.165, 1.54) is 13.5 Å². The van der Waals surface area contributed by atoms with E-state index in [4.69, 9.17) is 9.15 Å². The Morgan fingerprint density at radius 1 is 1.05 bits per heavy atom. The maximum Gasteiger partial charge on any atom is 0.313 e. The van der Waals surface area contributed by atoms with Gasteiger partial charge in [-0.1, -0.05) is 18.2 Å². The molecule has 0 bridgehead atoms. The Balaban J connectivity index is 1.29. The summed E-state index contributed by atoms with van der Waals surface area (Å²) in [4.78, 5) is 46.2. The van der Waals surface area contributed by atoms with Crippen LogP contribution in [-0.2, 0) is 9.59 Å². The molecule has 1 fully saturated rings. The number of amides is 3. The van der Waals surface area contributed by atoms with Crippen molar-refractivity contribution in [3.05, 3.63) is 66.2 Å². The van der Waals surface area contributed by atoms with Crippen LogP contribution in [0.2, 0.25) is 0 Å². The fourth-order valence-electron chi connectivity index (χ4n) is 4.56. The third-order valence-electron chi connectivity index (χ3n) is 6.47. The molecule has 3 aromatic rings. The van der Waals surface area contributed by atoms with Crippen LogP contribution >= 0.6 is 0 Å². The van der Waals surface area contributed by atoms with Gasteiger partial charge in [-0.2, -0.15) is 0 Å². The number of rotatable bonds is 7. The van der Waals surface area contributed by atoms with Gasteiger partial charge in [0.1, 0.15) is 5.75 Å². The number of piperazine rings is 1. The molecule has 10 nitrogen and oxygen atoms in total. The first kappa shape index (κ1) is 26.9. The molecule has 0 saturated carbocycles. The Morgan fingerprint density at radius 3 is 2.45 bits per heavy atom. The van der Waals surface area contributed by atoms with Crippen LogP contribution in [0, 0.1) is 6.92 Å². The van der Waals surface area contributed by atoms with E-state index in [2.05, 4.69) is 20.5 Å². The molecular weight excluding hydrogens is 486 g/mol. The van der Waals surface area contributed by atoms with Gasteiger partial charge in [-0.15, -0.1) is 0 Å². The van der Waals surface area contributed by atoms with E-state index in [1.807, 2.05) is 49.9 Å². The Morgan fingerprint density at radius 2 is 1.79 bits per heavy atom. The molecule has 2 N–H and O–H groups in total. The smallest absolute Gasteiger partial charge is 0.313 e. The van der Waals surface area contributed by atoms with E-state index in [-0.39, 0.29) is 5.91 Å². The predicted molar refractivity (Wildman–Crippen MR) is 143 cm³/mol. The Labute approximate surface area is 222 Å². The van der Waals surface area contributed by atoms with Gasteiger partial charge in [-0.05, 0) is 44.5 Å². The molecule has 2 aromatic carbocycles. The zero-order valence-corrected chi connectivity index (χ0v) is 22.1. The number of nitrogens with zero attached hydrogens (tertiary/aromatic N) is 3. The number of methoxy groups -OCH3 is 1. The molecule has 1 aliphatic rings. The lowest BCUT2D eigenvalue weighted by Gasteiger charge is -2.39. The van der Waals surface area contributed by atoms with E-state index >= 15 is 0 Å². The normalized spacial score (nSPS) is 14.2. The van der Waals surface area contributed by atoms with Crippen LogP contribution < -0.4 is 15.4 Å². The second-order valence-corrected chi connectivity index (χ2v) is 9.96. The number of ether oxygens (including phenoxy) is 1. The topological polar surface area (TPSA) is 117 Å². The number of anilines is 1. The monoisotopic (exact) mass is 519 g/mol. The minimum Gasteiger partial charge on any atom is -0.496 e. The van der Waals surface area contributed by atoms with Crippen molar-refractivity contribution in [2.45, 2.75) is 26.3 Å². The molecule has 4 rings (SSSR count). The third-order valence-corrected chi connectivity index (χ3v) is 6.47. The Kier molecular flexibility index (Phi) is 8.11. The van der Waals surface area contributed by atoms with Crippen molar-refractivity contribution in [2.75, 3.05) is 45.2 Å². The van der Waals surface area contributed by atoms with E-state index < -0.39 is 17.4 Å². The predicted octanol–water partition coefficient (Wildman–Crippen LogP) is 2.95. The van der Waals surface area contributed by atoms with E-state index in [9.17, 15) is 14.4 Å². The summed E-state index contributed by atoms with van der Waals surface area (Å²) in [6.45, 7) is 8.79. The fourth-order valence-corrected chi connectivity index (χ4v) is 4.56. The lowest BCUT2D eigenvalue weighted by molar-refractivity contribution is -0.137. The van der Waals surface area contributed by atoms with Gasteiger partial charge < -0.3 is 24.7 Å². The maximum atomic E-state index is 12.9. The molecule has 1 aliphatic heterocycles. The van der Waals surface area contributed by atoms with Crippen molar-refractivity contribution < 1.29 is 23.5 Å². The molecule has 2 heterocycles. The van der Waals surface area contributed by atoms with Crippen LogP contribution in [0.5, 0.6) is 5.75 Å². The largest absolute Gasteiger partial charge is 0.496 e. The number of hydrogen-bond acceptors (Lipinski definition) is 7. The minimum absolute atomic E-state index is 0.0393. The van der Waals surface area contributed by atoms with Crippen LogP contribution in [0.4, 0.5) is 5.69 Å². The van der Waals surface area contributed by atoms with E-state index in [1.54, 1.807) is 24.4 Å². The van der Waals surface area contributed by atoms with Gasteiger partial charge in [0.15, 0.2) is 12.2 Å². The zero-order chi connectivity index (χ0) is 27.3. The highest BCUT2D eigenvalue weighted by Crippen LogP contribution is 2.32. The minimum atomic E-state index is -0.777. The quantitative estimate of drug-likeness (QED) is 0.461. The summed E-state index contributed by atoms with van der Waals surface area (Å²) >= 11 is 0. The number of carbonyl (C=O) groups is 3. The molecule has 1 saturated heterocycles. The summed E-state index contributed by atoms with van der Waals surface area (Å²) in [5.74, 6) is -0.472. The molecule has 3 amide bonds. The molecule has 10 heteroatoms. The standard InChI is InChI=1S/C28H33N5O5/c1-19-7-5-6-8-21(19)27(36)33-13-11-32(12-14-33)17-28(2,3)31-26(35)25(34)30-20-9-10-22(23(15-20)37-4)24-16-29-18-38-24/h5-10,15-16,18H,11-14,17H2,1-4H3,(H,30,34)(H,31,35). The van der Waals surface area contributed by atoms with Crippen LogP contribution in [0.3, 0.4) is 0 Å². The van der Waals surface area contributed by atoms with Crippen LogP contribution in [-0.4, -0.2) is 77.9 Å². The van der Waals surface area contributed by atoms with E-state index in [0.29, 0.717) is 55.5 Å². The average molecular weight is 520 g/mol. The average Bonchev–Trinajstić information content (AvgIpc) is 3.43. The Hall–Kier alpha value is -4.18. The number of hydrogen-bond donors (Lipinski definition) is 2. The number of carbonyl (C=O) groups excluding carboxylic acids is 3. The molecule has 0 unspecified atom stereocenters. The summed E-state index contributed by atoms with van der Waals surface area (Å²) in [6, 6.07) is 12.6. The van der Waals surface area contributed by atoms with Crippen molar-refractivity contribution in [3.63, 3.8) is 0 Å². The summed E-state index contributed by atoms with van der Waals surface area (Å²) in [5, 5.41) is 5.44. The first-order valence-corrected chi connectivity index (χ1v) is 12.4. The molecule has 0 spiro atoms. The number of oxazole rings is 1. The van der Waals surface area contributed by atoms with Crippen molar-refractivity contribution in [3.8, 4) is 17.1 Å². The molecule has 1 aromatic heterocycles. The lowest BCUT2D eigenvalue weighted by atomic mass is 10.0. The first-order valence-electron chi connectivity index (χ1n) is 12.4. The SMILES string of the molecule is COc1cc(NC(=O)C(=O)NC(C)(C)CN2CCN(C(=O)c3ccccc3C)CC2)ccc1-c1cnco1. The third kappa shape index (κ3) is 6.38. The van der Waals surface area contributed by atoms with Crippen molar-refractivity contribution >= 4 is 23.4 Å². The molecule has 0 aliphatic carbocycles. The molecule has 200 valence electrons. The van der Waals surface area contributed by atoms with Crippen LogP contribution in [0.25, 0.3) is 11.3 Å². The Bertz CT molecular complexity index is 1300.